The molecule has 1 aromatic rings. The molecule has 0 spiro atoms. The van der Waals surface area contributed by atoms with Gasteiger partial charge in [-0.2, -0.15) is 11.8 Å². The summed E-state index contributed by atoms with van der Waals surface area (Å²) in [5, 5.41) is 1.18. The van der Waals surface area contributed by atoms with Gasteiger partial charge in [0.15, 0.2) is 0 Å². The van der Waals surface area contributed by atoms with Crippen LogP contribution in [0.4, 0.5) is 0 Å². The van der Waals surface area contributed by atoms with E-state index in [0.717, 1.165) is 29.2 Å². The second-order valence-corrected chi connectivity index (χ2v) is 6.69. The van der Waals surface area contributed by atoms with Gasteiger partial charge in [0, 0.05) is 11.1 Å². The van der Waals surface area contributed by atoms with E-state index in [0.29, 0.717) is 23.1 Å². The molecule has 1 aromatic carbocycles. The Bertz CT molecular complexity index is 399. The first-order valence-corrected chi connectivity index (χ1v) is 8.39. The highest BCUT2D eigenvalue weighted by molar-refractivity contribution is 7.99. The van der Waals surface area contributed by atoms with E-state index in [1.165, 1.54) is 0 Å². The smallest absolute Gasteiger partial charge is 0.141 e. The summed E-state index contributed by atoms with van der Waals surface area (Å²) < 4.78 is 5.81. The van der Waals surface area contributed by atoms with Gasteiger partial charge in [-0.25, -0.2) is 0 Å². The van der Waals surface area contributed by atoms with Gasteiger partial charge in [0.05, 0.1) is 11.6 Å². The van der Waals surface area contributed by atoms with Crippen LogP contribution in [0.15, 0.2) is 12.1 Å². The van der Waals surface area contributed by atoms with Crippen LogP contribution in [0.25, 0.3) is 0 Å². The van der Waals surface area contributed by atoms with E-state index in [2.05, 4.69) is 6.92 Å². The summed E-state index contributed by atoms with van der Waals surface area (Å²) in [6.45, 7) is 4.78. The molecule has 0 aliphatic heterocycles. The molecule has 5 heteroatoms. The molecule has 0 aromatic heterocycles. The van der Waals surface area contributed by atoms with Gasteiger partial charge < -0.3 is 10.5 Å². The normalized spacial score (nSPS) is 12.5. The molecule has 0 saturated heterocycles. The minimum Gasteiger partial charge on any atom is -0.492 e. The lowest BCUT2D eigenvalue weighted by molar-refractivity contribution is 0.315. The topological polar surface area (TPSA) is 35.2 Å². The van der Waals surface area contributed by atoms with Crippen LogP contribution in [0.5, 0.6) is 5.75 Å². The van der Waals surface area contributed by atoms with Gasteiger partial charge in [0.25, 0.3) is 0 Å². The Kier molecular flexibility index (Phi) is 8.00. The first kappa shape index (κ1) is 17.0. The number of ether oxygens (including phenoxy) is 1. The number of halogens is 2. The molecule has 2 N–H and O–H groups in total. The zero-order chi connectivity index (χ0) is 14.3. The van der Waals surface area contributed by atoms with Crippen molar-refractivity contribution in [3.63, 3.8) is 0 Å². The molecule has 0 amide bonds. The maximum atomic E-state index is 6.20. The first-order valence-electron chi connectivity index (χ1n) is 6.48. The zero-order valence-corrected chi connectivity index (χ0v) is 13.7. The fraction of sp³-hybridized carbons (Fsp3) is 0.571. The molecule has 0 bridgehead atoms. The molecular weight excluding hydrogens is 301 g/mol. The van der Waals surface area contributed by atoms with E-state index in [1.54, 1.807) is 6.07 Å². The zero-order valence-electron chi connectivity index (χ0n) is 11.4. The standard InChI is InChI=1S/C14H21Cl2NOS/c1-3-19-6-4-5-18-14-11(7-10(2)17)8-12(15)9-13(14)16/h8-10H,3-7,17H2,1-2H3. The lowest BCUT2D eigenvalue weighted by atomic mass is 10.1. The summed E-state index contributed by atoms with van der Waals surface area (Å²) >= 11 is 14.1. The second kappa shape index (κ2) is 8.96. The van der Waals surface area contributed by atoms with Crippen molar-refractivity contribution in [3.05, 3.63) is 27.7 Å². The predicted molar refractivity (Wildman–Crippen MR) is 86.9 cm³/mol. The van der Waals surface area contributed by atoms with Crippen molar-refractivity contribution in [2.24, 2.45) is 5.73 Å². The Balaban J connectivity index is 2.68. The minimum atomic E-state index is 0.0486. The highest BCUT2D eigenvalue weighted by atomic mass is 35.5. The molecule has 0 heterocycles. The van der Waals surface area contributed by atoms with Crippen molar-refractivity contribution in [1.82, 2.24) is 0 Å². The van der Waals surface area contributed by atoms with Crippen LogP contribution in [-0.4, -0.2) is 24.2 Å². The SMILES string of the molecule is CCSCCCOc1c(Cl)cc(Cl)cc1CC(C)N. The Labute approximate surface area is 130 Å². The van der Waals surface area contributed by atoms with E-state index in [9.17, 15) is 0 Å². The average Bonchev–Trinajstić information content (AvgIpc) is 2.30. The number of hydrogen-bond donors (Lipinski definition) is 1. The molecule has 1 atom stereocenters. The van der Waals surface area contributed by atoms with Crippen molar-refractivity contribution in [3.8, 4) is 5.75 Å². The lowest BCUT2D eigenvalue weighted by Crippen LogP contribution is -2.18. The van der Waals surface area contributed by atoms with Crippen molar-refractivity contribution in [2.75, 3.05) is 18.1 Å². The van der Waals surface area contributed by atoms with E-state index >= 15 is 0 Å². The van der Waals surface area contributed by atoms with Crippen molar-refractivity contribution in [1.29, 1.82) is 0 Å². The van der Waals surface area contributed by atoms with Crippen LogP contribution < -0.4 is 10.5 Å². The van der Waals surface area contributed by atoms with Crippen molar-refractivity contribution >= 4 is 35.0 Å². The van der Waals surface area contributed by atoms with Crippen molar-refractivity contribution < 1.29 is 4.74 Å². The van der Waals surface area contributed by atoms with Crippen LogP contribution in [-0.2, 0) is 6.42 Å². The van der Waals surface area contributed by atoms with E-state index in [1.807, 2.05) is 24.8 Å². The highest BCUT2D eigenvalue weighted by Gasteiger charge is 2.12. The average molecular weight is 322 g/mol. The molecule has 2 nitrogen and oxygen atoms in total. The third-order valence-corrected chi connectivity index (χ3v) is 4.00. The number of nitrogens with two attached hydrogens (primary N) is 1. The molecule has 19 heavy (non-hydrogen) atoms. The number of rotatable bonds is 8. The van der Waals surface area contributed by atoms with Gasteiger partial charge in [-0.1, -0.05) is 30.1 Å². The quantitative estimate of drug-likeness (QED) is 0.720. The first-order chi connectivity index (χ1) is 9.04. The molecule has 1 rings (SSSR count). The third kappa shape index (κ3) is 6.26. The largest absolute Gasteiger partial charge is 0.492 e. The molecular formula is C14H21Cl2NOS. The molecule has 1 unspecified atom stereocenters. The van der Waals surface area contributed by atoms with Gasteiger partial charge in [-0.05, 0) is 49.0 Å². The summed E-state index contributed by atoms with van der Waals surface area (Å²) in [6, 6.07) is 3.64. The van der Waals surface area contributed by atoms with Crippen LogP contribution >= 0.6 is 35.0 Å². The predicted octanol–water partition coefficient (Wildman–Crippen LogP) is 4.41. The van der Waals surface area contributed by atoms with Crippen LogP contribution in [0.1, 0.15) is 25.8 Å². The molecule has 0 saturated carbocycles. The second-order valence-electron chi connectivity index (χ2n) is 4.46. The molecule has 0 aliphatic rings. The van der Waals surface area contributed by atoms with Gasteiger partial charge in [0.2, 0.25) is 0 Å². The fourth-order valence-electron chi connectivity index (χ4n) is 1.75. The molecule has 0 radical (unpaired) electrons. The monoisotopic (exact) mass is 321 g/mol. The Morgan fingerprint density at radius 1 is 1.37 bits per heavy atom. The van der Waals surface area contributed by atoms with Gasteiger partial charge in [-0.3, -0.25) is 0 Å². The van der Waals surface area contributed by atoms with Crippen LogP contribution in [0.3, 0.4) is 0 Å². The number of hydrogen-bond acceptors (Lipinski definition) is 3. The van der Waals surface area contributed by atoms with E-state index in [-0.39, 0.29) is 6.04 Å². The fourth-order valence-corrected chi connectivity index (χ4v) is 2.95. The van der Waals surface area contributed by atoms with E-state index < -0.39 is 0 Å². The summed E-state index contributed by atoms with van der Waals surface area (Å²) in [6.07, 6.45) is 1.72. The molecule has 108 valence electrons. The summed E-state index contributed by atoms with van der Waals surface area (Å²) in [7, 11) is 0. The third-order valence-electron chi connectivity index (χ3n) is 2.51. The van der Waals surface area contributed by atoms with Gasteiger partial charge >= 0.3 is 0 Å². The van der Waals surface area contributed by atoms with Crippen LogP contribution in [0, 0.1) is 0 Å². The van der Waals surface area contributed by atoms with E-state index in [4.69, 9.17) is 33.7 Å². The molecule has 0 fully saturated rings. The van der Waals surface area contributed by atoms with Gasteiger partial charge in [-0.15, -0.1) is 0 Å². The Hall–Kier alpha value is -0.0900. The van der Waals surface area contributed by atoms with Gasteiger partial charge in [0.1, 0.15) is 5.75 Å². The maximum Gasteiger partial charge on any atom is 0.141 e. The summed E-state index contributed by atoms with van der Waals surface area (Å²) in [5.74, 6) is 2.96. The Morgan fingerprint density at radius 2 is 2.11 bits per heavy atom. The lowest BCUT2D eigenvalue weighted by Gasteiger charge is -2.15. The highest BCUT2D eigenvalue weighted by Crippen LogP contribution is 2.33. The number of benzene rings is 1. The Morgan fingerprint density at radius 3 is 2.74 bits per heavy atom. The molecule has 0 aliphatic carbocycles. The van der Waals surface area contributed by atoms with Crippen LogP contribution in [0.2, 0.25) is 10.0 Å². The van der Waals surface area contributed by atoms with Crippen molar-refractivity contribution in [2.45, 2.75) is 32.7 Å². The number of thioether (sulfide) groups is 1. The summed E-state index contributed by atoms with van der Waals surface area (Å²) in [5.41, 5.74) is 6.82. The summed E-state index contributed by atoms with van der Waals surface area (Å²) in [4.78, 5) is 0. The minimum absolute atomic E-state index is 0.0486. The maximum absolute atomic E-state index is 6.20.